The number of rotatable bonds is 4. The molecule has 10 heteroatoms. The average Bonchev–Trinajstić information content (AvgIpc) is 3.14. The first-order valence-electron chi connectivity index (χ1n) is 11.8. The average molecular weight is 500 g/mol. The van der Waals surface area contributed by atoms with Gasteiger partial charge in [0.25, 0.3) is 0 Å². The van der Waals surface area contributed by atoms with Crippen LogP contribution in [0.1, 0.15) is 29.0 Å². The summed E-state index contributed by atoms with van der Waals surface area (Å²) in [6, 6.07) is 14.5. The summed E-state index contributed by atoms with van der Waals surface area (Å²) in [4.78, 5) is 25.6. The van der Waals surface area contributed by atoms with E-state index in [2.05, 4.69) is 16.0 Å². The summed E-state index contributed by atoms with van der Waals surface area (Å²) in [5, 5.41) is 8.49. The maximum absolute atomic E-state index is 13.3. The van der Waals surface area contributed by atoms with E-state index in [9.17, 15) is 22.8 Å². The van der Waals surface area contributed by atoms with Gasteiger partial charge in [0.15, 0.2) is 0 Å². The molecule has 2 bridgehead atoms. The Hall–Kier alpha value is -3.63. The summed E-state index contributed by atoms with van der Waals surface area (Å²) in [6.45, 7) is 3.21. The van der Waals surface area contributed by atoms with E-state index in [-0.39, 0.29) is 11.6 Å². The zero-order valence-electron chi connectivity index (χ0n) is 19.4. The molecule has 0 atom stereocenters. The molecule has 3 amide bonds. The molecule has 3 N–H and O–H groups in total. The maximum Gasteiger partial charge on any atom is 0.416 e. The Balaban J connectivity index is 1.23. The number of nitrogens with one attached hydrogen (secondary N) is 3. The van der Waals surface area contributed by atoms with Crippen LogP contribution in [-0.2, 0) is 6.18 Å². The molecular formula is C26H26F3N4O3+. The fraction of sp³-hybridized carbons (Fsp3) is 0.308. The zero-order valence-corrected chi connectivity index (χ0v) is 19.4. The van der Waals surface area contributed by atoms with Gasteiger partial charge >= 0.3 is 18.1 Å². The number of urea groups is 1. The maximum atomic E-state index is 13.3. The quantitative estimate of drug-likeness (QED) is 0.424. The lowest BCUT2D eigenvalue weighted by Gasteiger charge is -2.36. The molecule has 6 rings (SSSR count). The normalized spacial score (nSPS) is 21.6. The molecule has 3 saturated heterocycles. The van der Waals surface area contributed by atoms with Crippen molar-refractivity contribution in [2.45, 2.75) is 25.1 Å². The molecule has 2 aromatic carbocycles. The highest BCUT2D eigenvalue weighted by molar-refractivity contribution is 5.99. The lowest BCUT2D eigenvalue weighted by atomic mass is 10.0. The molecule has 0 unspecified atom stereocenters. The number of furan rings is 1. The van der Waals surface area contributed by atoms with Crippen LogP contribution in [0.5, 0.6) is 0 Å². The van der Waals surface area contributed by atoms with Crippen molar-refractivity contribution in [2.24, 2.45) is 0 Å². The van der Waals surface area contributed by atoms with E-state index < -0.39 is 17.8 Å². The van der Waals surface area contributed by atoms with Gasteiger partial charge in [-0.05, 0) is 54.6 Å². The minimum Gasteiger partial charge on any atom is -0.447 e. The van der Waals surface area contributed by atoms with E-state index in [4.69, 9.17) is 4.42 Å². The highest BCUT2D eigenvalue weighted by Crippen LogP contribution is 2.31. The van der Waals surface area contributed by atoms with Crippen LogP contribution >= 0.6 is 0 Å². The number of carbonyl (C=O) groups is 2. The minimum absolute atomic E-state index is 0.00736. The van der Waals surface area contributed by atoms with Crippen LogP contribution in [0.4, 0.5) is 29.3 Å². The molecule has 3 fully saturated rings. The monoisotopic (exact) mass is 499 g/mol. The zero-order chi connectivity index (χ0) is 25.3. The van der Waals surface area contributed by atoms with Gasteiger partial charge in [-0.2, -0.15) is 13.2 Å². The topological polar surface area (TPSA) is 83.4 Å². The smallest absolute Gasteiger partial charge is 0.416 e. The number of amides is 3. The number of benzene rings is 2. The van der Waals surface area contributed by atoms with Crippen molar-refractivity contribution in [1.82, 2.24) is 5.32 Å². The highest BCUT2D eigenvalue weighted by atomic mass is 19.4. The Morgan fingerprint density at radius 3 is 2.36 bits per heavy atom. The van der Waals surface area contributed by atoms with Crippen LogP contribution in [0, 0.1) is 0 Å². The van der Waals surface area contributed by atoms with Gasteiger partial charge < -0.3 is 20.4 Å². The summed E-state index contributed by atoms with van der Waals surface area (Å²) in [7, 11) is 0. The molecule has 188 valence electrons. The van der Waals surface area contributed by atoms with Gasteiger partial charge in [0.2, 0.25) is 5.76 Å². The fourth-order valence-electron chi connectivity index (χ4n) is 4.90. The van der Waals surface area contributed by atoms with Crippen LogP contribution in [-0.4, -0.2) is 48.6 Å². The second-order valence-corrected chi connectivity index (χ2v) is 9.25. The summed E-state index contributed by atoms with van der Waals surface area (Å²) < 4.78 is 45.0. The molecule has 7 nitrogen and oxygen atoms in total. The van der Waals surface area contributed by atoms with Crippen molar-refractivity contribution in [3.63, 3.8) is 0 Å². The van der Waals surface area contributed by atoms with Gasteiger partial charge in [0.1, 0.15) is 5.76 Å². The highest BCUT2D eigenvalue weighted by Gasteiger charge is 2.44. The van der Waals surface area contributed by atoms with Crippen molar-refractivity contribution in [3.8, 4) is 11.3 Å². The summed E-state index contributed by atoms with van der Waals surface area (Å²) in [5.41, 5.74) is 0.365. The first kappa shape index (κ1) is 24.1. The van der Waals surface area contributed by atoms with Gasteiger partial charge in [0, 0.05) is 42.4 Å². The summed E-state index contributed by atoms with van der Waals surface area (Å²) in [6.07, 6.45) is -2.53. The van der Waals surface area contributed by atoms with Gasteiger partial charge in [-0.15, -0.1) is 0 Å². The molecule has 3 aliphatic rings. The van der Waals surface area contributed by atoms with E-state index in [1.165, 1.54) is 12.1 Å². The third-order valence-corrected chi connectivity index (χ3v) is 6.91. The molecular weight excluding hydrogens is 473 g/mol. The Morgan fingerprint density at radius 1 is 0.917 bits per heavy atom. The number of alkyl halides is 3. The van der Waals surface area contributed by atoms with E-state index in [0.29, 0.717) is 27.7 Å². The van der Waals surface area contributed by atoms with E-state index in [1.807, 2.05) is 0 Å². The SMILES string of the molecule is O=C(Nc1ccc(-c2ccc(C(=O)[N+]34CCNC(CC3)CC4)o2)cc1)Nc1cccc(C(F)(F)F)c1. The number of piperidine rings is 1. The van der Waals surface area contributed by atoms with Gasteiger partial charge in [-0.3, -0.25) is 4.48 Å². The minimum atomic E-state index is -4.49. The van der Waals surface area contributed by atoms with E-state index in [0.717, 1.165) is 56.7 Å². The van der Waals surface area contributed by atoms with Crippen LogP contribution < -0.4 is 16.0 Å². The first-order valence-corrected chi connectivity index (χ1v) is 11.8. The number of hydrogen-bond acceptors (Lipinski definition) is 4. The van der Waals surface area contributed by atoms with Crippen LogP contribution in [0.25, 0.3) is 11.3 Å². The number of hydrogen-bond donors (Lipinski definition) is 3. The van der Waals surface area contributed by atoms with E-state index in [1.54, 1.807) is 36.4 Å². The number of halogens is 3. The molecule has 1 aromatic heterocycles. The second-order valence-electron chi connectivity index (χ2n) is 9.25. The lowest BCUT2D eigenvalue weighted by molar-refractivity contribution is -0.850. The van der Waals surface area contributed by atoms with Crippen molar-refractivity contribution >= 4 is 23.3 Å². The Labute approximate surface area is 205 Å². The van der Waals surface area contributed by atoms with Crippen LogP contribution in [0.15, 0.2) is 65.1 Å². The number of quaternary nitrogens is 1. The summed E-state index contributed by atoms with van der Waals surface area (Å²) in [5.74, 6) is 0.889. The summed E-state index contributed by atoms with van der Waals surface area (Å²) >= 11 is 0. The third-order valence-electron chi connectivity index (χ3n) is 6.91. The number of anilines is 2. The van der Waals surface area contributed by atoms with Crippen molar-refractivity contribution < 1.29 is 31.7 Å². The number of fused-ring (bicyclic) bond motifs is 4. The molecule has 4 heterocycles. The standard InChI is InChI=1S/C26H25F3N4O3/c27-26(28,29)18-2-1-3-21(16-18)32-25(35)31-20-6-4-17(5-7-20)22-8-9-23(36-22)24(34)33-13-10-19(11-14-33)30-12-15-33/h1-9,16,19,30H,10-15H2,(H-,31,32,34,35)/p+1. The Kier molecular flexibility index (Phi) is 6.31. The largest absolute Gasteiger partial charge is 0.447 e. The predicted octanol–water partition coefficient (Wildman–Crippen LogP) is 5.33. The second kappa shape index (κ2) is 9.44. The predicted molar refractivity (Wildman–Crippen MR) is 128 cm³/mol. The van der Waals surface area contributed by atoms with Crippen molar-refractivity contribution in [3.05, 3.63) is 72.0 Å². The van der Waals surface area contributed by atoms with E-state index >= 15 is 0 Å². The Bertz CT molecular complexity index is 1260. The fourth-order valence-corrected chi connectivity index (χ4v) is 4.90. The van der Waals surface area contributed by atoms with Gasteiger partial charge in [0.05, 0.1) is 25.2 Å². The van der Waals surface area contributed by atoms with Crippen molar-refractivity contribution in [2.75, 3.05) is 36.8 Å². The van der Waals surface area contributed by atoms with Crippen LogP contribution in [0.3, 0.4) is 0 Å². The number of carbonyl (C=O) groups excluding carboxylic acids is 2. The van der Waals surface area contributed by atoms with Crippen LogP contribution in [0.2, 0.25) is 0 Å². The van der Waals surface area contributed by atoms with Gasteiger partial charge in [-0.25, -0.2) is 9.59 Å². The molecule has 0 radical (unpaired) electrons. The van der Waals surface area contributed by atoms with Crippen molar-refractivity contribution in [1.29, 1.82) is 0 Å². The molecule has 36 heavy (non-hydrogen) atoms. The number of nitrogens with zero attached hydrogens (tertiary/aromatic N) is 1. The molecule has 3 aromatic rings. The molecule has 0 spiro atoms. The first-order chi connectivity index (χ1) is 17.2. The third kappa shape index (κ3) is 5.00. The molecule has 0 aliphatic carbocycles. The lowest BCUT2D eigenvalue weighted by Crippen LogP contribution is -2.56. The Morgan fingerprint density at radius 2 is 1.64 bits per heavy atom. The molecule has 3 aliphatic heterocycles. The van der Waals surface area contributed by atoms with Gasteiger partial charge in [-0.1, -0.05) is 6.07 Å². The molecule has 0 saturated carbocycles.